The molecule has 0 amide bonds. The van der Waals surface area contributed by atoms with E-state index in [1.165, 1.54) is 32.6 Å². The summed E-state index contributed by atoms with van der Waals surface area (Å²) in [6.45, 7) is 3.25. The second-order valence-corrected chi connectivity index (χ2v) is 8.46. The van der Waals surface area contributed by atoms with Crippen LogP contribution in [0, 0.1) is 0 Å². The Morgan fingerprint density at radius 3 is 2.77 bits per heavy atom. The van der Waals surface area contributed by atoms with Gasteiger partial charge in [0.25, 0.3) is 0 Å². The second kappa shape index (κ2) is 7.59. The van der Waals surface area contributed by atoms with Gasteiger partial charge in [0.1, 0.15) is 13.1 Å². The summed E-state index contributed by atoms with van der Waals surface area (Å²) < 4.78 is 42.6. The first kappa shape index (κ1) is 20.7. The van der Waals surface area contributed by atoms with Gasteiger partial charge in [-0.25, -0.2) is 9.55 Å². The minimum atomic E-state index is -4.57. The van der Waals surface area contributed by atoms with Gasteiger partial charge in [0.15, 0.2) is 4.47 Å². The summed E-state index contributed by atoms with van der Waals surface area (Å²) >= 11 is 7.19. The van der Waals surface area contributed by atoms with Crippen molar-refractivity contribution in [3.05, 3.63) is 55.7 Å². The fourth-order valence-electron chi connectivity index (χ4n) is 3.63. The van der Waals surface area contributed by atoms with Crippen LogP contribution in [0.2, 0.25) is 4.47 Å². The fraction of sp³-hybridized carbons (Fsp3) is 0.316. The molecule has 6 nitrogen and oxygen atoms in total. The monoisotopic (exact) mass is 456 g/mol. The molecular weight excluding hydrogens is 441 g/mol. The predicted molar refractivity (Wildman–Crippen MR) is 105 cm³/mol. The Balaban J connectivity index is 1.84. The van der Waals surface area contributed by atoms with Gasteiger partial charge in [0.05, 0.1) is 29.1 Å². The summed E-state index contributed by atoms with van der Waals surface area (Å²) in [5.74, 6) is -0.156. The number of nitrogens with zero attached hydrogens (tertiary/aromatic N) is 4. The highest BCUT2D eigenvalue weighted by Gasteiger charge is 2.35. The Morgan fingerprint density at radius 1 is 1.37 bits per heavy atom. The van der Waals surface area contributed by atoms with Crippen molar-refractivity contribution in [1.82, 2.24) is 9.55 Å². The molecule has 0 N–H and O–H groups in total. The Labute approximate surface area is 178 Å². The zero-order valence-corrected chi connectivity index (χ0v) is 17.3. The van der Waals surface area contributed by atoms with E-state index in [9.17, 15) is 23.1 Å². The van der Waals surface area contributed by atoms with E-state index < -0.39 is 23.2 Å². The molecule has 158 valence electrons. The van der Waals surface area contributed by atoms with Crippen LogP contribution in [-0.2, 0) is 25.8 Å². The van der Waals surface area contributed by atoms with E-state index in [1.807, 2.05) is 4.90 Å². The van der Waals surface area contributed by atoms with Crippen molar-refractivity contribution in [2.75, 3.05) is 11.4 Å². The van der Waals surface area contributed by atoms with E-state index in [0.29, 0.717) is 30.0 Å². The molecule has 0 bridgehead atoms. The quantitative estimate of drug-likeness (QED) is 0.566. The van der Waals surface area contributed by atoms with Gasteiger partial charge >= 0.3 is 17.7 Å². The predicted octanol–water partition coefficient (Wildman–Crippen LogP) is 3.05. The summed E-state index contributed by atoms with van der Waals surface area (Å²) in [6.07, 6.45) is -2.93. The van der Waals surface area contributed by atoms with E-state index in [-0.39, 0.29) is 17.7 Å². The van der Waals surface area contributed by atoms with Crippen molar-refractivity contribution in [2.24, 2.45) is 0 Å². The smallest absolute Gasteiger partial charge is 0.416 e. The number of fused-ring (bicyclic) bond motifs is 1. The third-order valence-corrected chi connectivity index (χ3v) is 6.04. The Morgan fingerprint density at radius 2 is 2.13 bits per heavy atom. The molecule has 0 spiro atoms. The van der Waals surface area contributed by atoms with Crippen LogP contribution in [-0.4, -0.2) is 16.1 Å². The summed E-state index contributed by atoms with van der Waals surface area (Å²) in [7, 11) is 0. The summed E-state index contributed by atoms with van der Waals surface area (Å²) in [6, 6.07) is 4.31. The van der Waals surface area contributed by atoms with Gasteiger partial charge in [-0.05, 0) is 24.6 Å². The number of hydrogen-bond acceptors (Lipinski definition) is 5. The minimum absolute atomic E-state index is 0.0370. The first-order valence-corrected chi connectivity index (χ1v) is 10.3. The van der Waals surface area contributed by atoms with Crippen LogP contribution >= 0.6 is 22.9 Å². The molecule has 0 radical (unpaired) electrons. The van der Waals surface area contributed by atoms with Crippen LogP contribution in [0.1, 0.15) is 17.4 Å². The molecule has 11 heteroatoms. The lowest BCUT2D eigenvalue weighted by Crippen LogP contribution is -2.44. The number of rotatable bonds is 4. The zero-order valence-electron chi connectivity index (χ0n) is 15.7. The molecule has 0 saturated carbocycles. The van der Waals surface area contributed by atoms with Gasteiger partial charge in [-0.2, -0.15) is 17.7 Å². The van der Waals surface area contributed by atoms with Crippen LogP contribution in [0.3, 0.4) is 0 Å². The van der Waals surface area contributed by atoms with E-state index in [1.54, 1.807) is 13.1 Å². The average molecular weight is 457 g/mol. The molecule has 0 fully saturated rings. The SMILES string of the molecule is CCn1c2[n+](c([O-])c(-c3cccc(C(F)(F)F)c3)c1=O)CCN2Cc1cnc(Cl)s1. The molecule has 3 heterocycles. The zero-order chi connectivity index (χ0) is 21.6. The normalized spacial score (nSPS) is 13.7. The van der Waals surface area contributed by atoms with Crippen LogP contribution < -0.4 is 20.1 Å². The highest BCUT2D eigenvalue weighted by Crippen LogP contribution is 2.33. The summed E-state index contributed by atoms with van der Waals surface area (Å²) in [5, 5.41) is 13.1. The van der Waals surface area contributed by atoms with Crippen molar-refractivity contribution in [3.8, 4) is 17.0 Å². The van der Waals surface area contributed by atoms with Crippen molar-refractivity contribution >= 4 is 28.9 Å². The van der Waals surface area contributed by atoms with E-state index in [0.717, 1.165) is 17.0 Å². The highest BCUT2D eigenvalue weighted by molar-refractivity contribution is 7.15. The van der Waals surface area contributed by atoms with Crippen LogP contribution in [0.5, 0.6) is 5.88 Å². The number of thiazole rings is 1. The van der Waals surface area contributed by atoms with Crippen molar-refractivity contribution in [1.29, 1.82) is 0 Å². The molecule has 4 rings (SSSR count). The number of aromatic nitrogens is 3. The molecule has 1 aliphatic rings. The molecular formula is C19H16ClF3N4O2S. The molecule has 0 saturated heterocycles. The van der Waals surface area contributed by atoms with Crippen molar-refractivity contribution in [2.45, 2.75) is 32.7 Å². The van der Waals surface area contributed by atoms with E-state index in [2.05, 4.69) is 4.98 Å². The molecule has 1 aromatic carbocycles. The van der Waals surface area contributed by atoms with Gasteiger partial charge in [-0.1, -0.05) is 23.7 Å². The maximum Gasteiger partial charge on any atom is 0.416 e. The first-order chi connectivity index (χ1) is 14.2. The minimum Gasteiger partial charge on any atom is -0.848 e. The lowest BCUT2D eigenvalue weighted by Gasteiger charge is -2.20. The molecule has 30 heavy (non-hydrogen) atoms. The van der Waals surface area contributed by atoms with Crippen molar-refractivity contribution < 1.29 is 22.8 Å². The largest absolute Gasteiger partial charge is 0.848 e. The lowest BCUT2D eigenvalue weighted by molar-refractivity contribution is -0.715. The van der Waals surface area contributed by atoms with Crippen molar-refractivity contribution in [3.63, 3.8) is 0 Å². The number of benzene rings is 1. The maximum atomic E-state index is 13.2. The molecule has 3 aromatic rings. The van der Waals surface area contributed by atoms with Gasteiger partial charge in [-0.15, -0.1) is 11.3 Å². The van der Waals surface area contributed by atoms with Gasteiger partial charge < -0.3 is 5.11 Å². The second-order valence-electron chi connectivity index (χ2n) is 6.76. The topological polar surface area (TPSA) is 65.1 Å². The molecule has 0 aliphatic carbocycles. The Hall–Kier alpha value is -2.59. The third kappa shape index (κ3) is 3.54. The van der Waals surface area contributed by atoms with Crippen LogP contribution in [0.4, 0.5) is 19.1 Å². The summed E-state index contributed by atoms with van der Waals surface area (Å²) in [5.41, 5.74) is -1.81. The molecule has 0 atom stereocenters. The lowest BCUT2D eigenvalue weighted by atomic mass is 10.0. The fourth-order valence-corrected chi connectivity index (χ4v) is 4.62. The van der Waals surface area contributed by atoms with Gasteiger partial charge in [-0.3, -0.25) is 9.69 Å². The number of alkyl halides is 3. The Bertz CT molecular complexity index is 1180. The third-order valence-electron chi connectivity index (χ3n) is 4.94. The van der Waals surface area contributed by atoms with E-state index >= 15 is 0 Å². The van der Waals surface area contributed by atoms with E-state index in [4.69, 9.17) is 11.6 Å². The highest BCUT2D eigenvalue weighted by atomic mass is 35.5. The first-order valence-electron chi connectivity index (χ1n) is 9.11. The number of halogens is 4. The van der Waals surface area contributed by atoms with Crippen LogP contribution in [0.25, 0.3) is 11.1 Å². The molecule has 2 aromatic heterocycles. The number of hydrogen-bond donors (Lipinski definition) is 0. The standard InChI is InChI=1S/C19H16ClF3N4O2S/c1-2-26-15(28)14(11-4-3-5-12(8-11)19(21,22)23)16(29)27-7-6-25(18(26)27)10-13-9-24-17(20)30-13/h3-5,8-9H,2,6-7,10H2,1H3. The van der Waals surface area contributed by atoms with Gasteiger partial charge in [0, 0.05) is 12.1 Å². The molecule has 1 aliphatic heterocycles. The maximum absolute atomic E-state index is 13.2. The average Bonchev–Trinajstić information content (AvgIpc) is 3.29. The van der Waals surface area contributed by atoms with Crippen LogP contribution in [0.15, 0.2) is 35.3 Å². The summed E-state index contributed by atoms with van der Waals surface area (Å²) in [4.78, 5) is 19.9. The Kier molecular flexibility index (Phi) is 5.23. The van der Waals surface area contributed by atoms with Gasteiger partial charge in [0.2, 0.25) is 0 Å². The molecule has 0 unspecified atom stereocenters. The number of anilines is 1.